The number of aromatic hydroxyl groups is 2. The molecular weight excluding hydrogens is 612 g/mol. The summed E-state index contributed by atoms with van der Waals surface area (Å²) in [5, 5.41) is 52.8. The Labute approximate surface area is 279 Å². The van der Waals surface area contributed by atoms with Crippen LogP contribution < -0.4 is 15.4 Å². The monoisotopic (exact) mass is 655 g/mol. The summed E-state index contributed by atoms with van der Waals surface area (Å²) in [6.45, 7) is 2.53. The standard InChI is InChI=1S/C37H42N4O7/c1-2-4-23(42)15-25(44)16-24(43)8-7-21-14-35(34(47)17-33(21)46)48-36-6-3-5-32(45)27-9-10-28-26(11-12-39-37(28)38)29(27)13-22-18-40-31-20-41(36)19-30(22)31/h9-10,12,14,17-18,20,23,25,32,36-37,42,44-47H,2,4,6-8,11,13,15-16,19,38H2,1H3/p+1/t23-,25+,32+,36-,37-/m0/s1. The van der Waals surface area contributed by atoms with Crippen LogP contribution in [0.5, 0.6) is 17.2 Å². The smallest absolute Gasteiger partial charge is 0.247 e. The third kappa shape index (κ3) is 7.23. The van der Waals surface area contributed by atoms with Gasteiger partial charge in [0, 0.05) is 49.8 Å². The molecule has 0 fully saturated rings. The fraction of sp³-hybridized carbons (Fsp3) is 0.432. The third-order valence-corrected chi connectivity index (χ3v) is 9.48. The number of benzene rings is 2. The largest absolute Gasteiger partial charge is 0.508 e. The van der Waals surface area contributed by atoms with E-state index < -0.39 is 30.7 Å². The maximum absolute atomic E-state index is 12.6. The lowest BCUT2D eigenvalue weighted by atomic mass is 9.85. The van der Waals surface area contributed by atoms with Gasteiger partial charge in [-0.05, 0) is 58.7 Å². The Hall–Kier alpha value is -4.31. The molecule has 2 aromatic rings. The van der Waals surface area contributed by atoms with Crippen molar-refractivity contribution in [1.82, 2.24) is 0 Å². The van der Waals surface area contributed by atoms with Crippen LogP contribution in [0.3, 0.4) is 0 Å². The molecule has 0 aliphatic carbocycles. The number of aliphatic imine (C=N–C) groups is 2. The lowest BCUT2D eigenvalue weighted by Crippen LogP contribution is -3.11. The second kappa shape index (κ2) is 14.4. The second-order valence-electron chi connectivity index (χ2n) is 13.0. The number of nitrogens with two attached hydrogens (primary N) is 1. The Morgan fingerprint density at radius 3 is 2.77 bits per heavy atom. The van der Waals surface area contributed by atoms with E-state index in [2.05, 4.69) is 21.8 Å². The molecule has 1 unspecified atom stereocenters. The summed E-state index contributed by atoms with van der Waals surface area (Å²) in [7, 11) is 0. The van der Waals surface area contributed by atoms with E-state index in [0.29, 0.717) is 31.4 Å². The summed E-state index contributed by atoms with van der Waals surface area (Å²) >= 11 is 0. The number of ketones is 1. The van der Waals surface area contributed by atoms with E-state index in [1.54, 1.807) is 0 Å². The number of nitrogens with one attached hydrogen (secondary N) is 1. The highest BCUT2D eigenvalue weighted by Gasteiger charge is 2.36. The van der Waals surface area contributed by atoms with Crippen molar-refractivity contribution in [2.75, 3.05) is 6.54 Å². The summed E-state index contributed by atoms with van der Waals surface area (Å²) in [5.41, 5.74) is 13.4. The number of hydrogen-bond acceptors (Lipinski definition) is 10. The normalized spacial score (nSPS) is 23.6. The average molecular weight is 656 g/mol. The average Bonchev–Trinajstić information content (AvgIpc) is 3.62. The first kappa shape index (κ1) is 33.6. The number of allylic oxidation sites excluding steroid dienone is 1. The first-order valence-electron chi connectivity index (χ1n) is 16.6. The molecule has 2 aromatic carbocycles. The first-order valence-corrected chi connectivity index (χ1v) is 16.6. The number of nitrogens with zero attached hydrogens (tertiary/aromatic N) is 2. The Bertz CT molecular complexity index is 1770. The van der Waals surface area contributed by atoms with Gasteiger partial charge in [-0.2, -0.15) is 0 Å². The van der Waals surface area contributed by atoms with Gasteiger partial charge in [-0.3, -0.25) is 19.7 Å². The molecule has 0 amide bonds. The van der Waals surface area contributed by atoms with E-state index >= 15 is 0 Å². The van der Waals surface area contributed by atoms with Crippen molar-refractivity contribution in [2.45, 2.75) is 95.4 Å². The van der Waals surface area contributed by atoms with Crippen molar-refractivity contribution in [2.24, 2.45) is 15.7 Å². The summed E-state index contributed by atoms with van der Waals surface area (Å²) in [6.07, 6.45) is 5.07. The number of aliphatic hydroxyl groups is 3. The van der Waals surface area contributed by atoms with Crippen molar-refractivity contribution in [3.63, 3.8) is 0 Å². The van der Waals surface area contributed by atoms with Gasteiger partial charge in [0.1, 0.15) is 48.7 Å². The molecule has 4 aliphatic rings. The van der Waals surface area contributed by atoms with Crippen LogP contribution in [0.1, 0.15) is 85.5 Å². The predicted octanol–water partition coefficient (Wildman–Crippen LogP) is 1.99. The number of carbonyl (C=O) groups excluding carboxylic acids is 1. The maximum Gasteiger partial charge on any atom is 0.247 e. The summed E-state index contributed by atoms with van der Waals surface area (Å²) in [4.78, 5) is 22.6. The van der Waals surface area contributed by atoms with Crippen LogP contribution in [0, 0.1) is 11.8 Å². The van der Waals surface area contributed by atoms with Gasteiger partial charge in [-0.1, -0.05) is 37.3 Å². The van der Waals surface area contributed by atoms with Gasteiger partial charge in [-0.15, -0.1) is 0 Å². The number of carbonyl (C=O) groups is 1. The third-order valence-electron chi connectivity index (χ3n) is 9.48. The van der Waals surface area contributed by atoms with Gasteiger partial charge in [0.05, 0.1) is 12.2 Å². The highest BCUT2D eigenvalue weighted by molar-refractivity contribution is 5.87. The number of hydrogen-bond donors (Lipinski definition) is 7. The molecule has 0 spiro atoms. The summed E-state index contributed by atoms with van der Waals surface area (Å²) in [6, 6.07) is 6.52. The van der Waals surface area contributed by atoms with E-state index in [0.717, 1.165) is 50.4 Å². The topological polar surface area (TPSA) is 183 Å². The highest BCUT2D eigenvalue weighted by atomic mass is 16.5. The highest BCUT2D eigenvalue weighted by Crippen LogP contribution is 2.36. The molecule has 6 atom stereocenters. The van der Waals surface area contributed by atoms with Crippen LogP contribution in [0.4, 0.5) is 0 Å². The van der Waals surface area contributed by atoms with Crippen LogP contribution in [0.25, 0.3) is 0 Å². The number of aryl methyl sites for hydroxylation is 1. The predicted molar refractivity (Wildman–Crippen MR) is 180 cm³/mol. The van der Waals surface area contributed by atoms with Gasteiger partial charge in [0.15, 0.2) is 11.5 Å². The van der Waals surface area contributed by atoms with Crippen molar-refractivity contribution < 1.29 is 40.0 Å². The minimum Gasteiger partial charge on any atom is -0.508 e. The zero-order valence-electron chi connectivity index (χ0n) is 27.0. The van der Waals surface area contributed by atoms with Crippen molar-refractivity contribution in [3.05, 3.63) is 75.1 Å². The fourth-order valence-corrected chi connectivity index (χ4v) is 6.94. The molecule has 0 saturated heterocycles. The zero-order chi connectivity index (χ0) is 33.9. The Kier molecular flexibility index (Phi) is 10.1. The number of ether oxygens (including phenoxy) is 1. The Balaban J connectivity index is 1.22. The molecule has 11 heteroatoms. The Morgan fingerprint density at radius 1 is 1.15 bits per heavy atom. The van der Waals surface area contributed by atoms with Gasteiger partial charge >= 0.3 is 0 Å². The molecule has 6 rings (SSSR count). The SMILES string of the molecule is CCC[C@H](O)C[C@@H](O)CC(=O)CCc1cc(O[C@H]2CC#C[C@@H](O)c3ccc4c(c3CC3=C5C[NH+]2C=C5N=C3)CC=N[C@@H]4N)c(O)cc1O. The zero-order valence-corrected chi connectivity index (χ0v) is 27.0. The molecule has 11 nitrogen and oxygen atoms in total. The molecule has 0 radical (unpaired) electrons. The van der Waals surface area contributed by atoms with Crippen molar-refractivity contribution in [1.29, 1.82) is 0 Å². The minimum absolute atomic E-state index is 0.0628. The lowest BCUT2D eigenvalue weighted by molar-refractivity contribution is -0.885. The lowest BCUT2D eigenvalue weighted by Gasteiger charge is -2.25. The van der Waals surface area contributed by atoms with Crippen LogP contribution in [-0.2, 0) is 24.1 Å². The van der Waals surface area contributed by atoms with E-state index in [-0.39, 0.29) is 55.1 Å². The van der Waals surface area contributed by atoms with E-state index in [1.807, 2.05) is 37.7 Å². The van der Waals surface area contributed by atoms with Crippen LogP contribution in [0.15, 0.2) is 57.3 Å². The molecule has 48 heavy (non-hydrogen) atoms. The quantitative estimate of drug-likeness (QED) is 0.179. The number of Topliss-reactive ketones (excluding diaryl/α,β-unsaturated/α-hetero) is 1. The van der Waals surface area contributed by atoms with E-state index in [9.17, 15) is 30.3 Å². The fourth-order valence-electron chi connectivity index (χ4n) is 6.94. The molecule has 8 N–H and O–H groups in total. The Morgan fingerprint density at radius 2 is 1.96 bits per heavy atom. The maximum atomic E-state index is 12.6. The molecule has 252 valence electrons. The summed E-state index contributed by atoms with van der Waals surface area (Å²) in [5.74, 6) is 5.61. The molecule has 0 aromatic heterocycles. The molecule has 2 bridgehead atoms. The molecule has 4 aliphatic heterocycles. The molecule has 4 heterocycles. The number of rotatable bonds is 11. The number of aliphatic hydroxyl groups excluding tert-OH is 3. The second-order valence-corrected chi connectivity index (χ2v) is 13.0. The number of quaternary nitrogens is 1. The van der Waals surface area contributed by atoms with Crippen LogP contribution >= 0.6 is 0 Å². The molecule has 0 saturated carbocycles. The van der Waals surface area contributed by atoms with Gasteiger partial charge in [0.25, 0.3) is 0 Å². The van der Waals surface area contributed by atoms with E-state index in [4.69, 9.17) is 10.5 Å². The van der Waals surface area contributed by atoms with Gasteiger partial charge in [-0.25, -0.2) is 0 Å². The van der Waals surface area contributed by atoms with Gasteiger partial charge in [0.2, 0.25) is 6.23 Å². The van der Waals surface area contributed by atoms with Crippen LogP contribution in [0.2, 0.25) is 0 Å². The first-order chi connectivity index (χ1) is 23.1. The minimum atomic E-state index is -1.04. The van der Waals surface area contributed by atoms with Crippen LogP contribution in [-0.4, -0.2) is 68.7 Å². The molecular formula is C37H43N4O7+. The van der Waals surface area contributed by atoms with Gasteiger partial charge < -0.3 is 36.0 Å². The number of phenolic OH excluding ortho intramolecular Hbond substituents is 2. The number of fused-ring (bicyclic) bond motifs is 4. The summed E-state index contributed by atoms with van der Waals surface area (Å²) < 4.78 is 6.37. The van der Waals surface area contributed by atoms with E-state index in [1.165, 1.54) is 12.1 Å². The van der Waals surface area contributed by atoms with Crippen molar-refractivity contribution >= 4 is 18.2 Å². The van der Waals surface area contributed by atoms with Crippen molar-refractivity contribution in [3.8, 4) is 29.1 Å². The number of phenols is 2.